The molecule has 1 saturated heterocycles. The van der Waals surface area contributed by atoms with E-state index in [0.717, 1.165) is 103 Å². The maximum absolute atomic E-state index is 13.0. The van der Waals surface area contributed by atoms with Crippen molar-refractivity contribution < 1.29 is 49.3 Å². The summed E-state index contributed by atoms with van der Waals surface area (Å²) in [4.78, 5) is 25.0. The molecule has 0 aromatic rings. The molecule has 378 valence electrons. The Hall–Kier alpha value is -2.38. The molecule has 0 saturated carbocycles. The Kier molecular flexibility index (Phi) is 41.2. The van der Waals surface area contributed by atoms with E-state index in [9.17, 15) is 35.1 Å². The number of ether oxygens (including phenoxy) is 3. The Balaban J connectivity index is 2.12. The van der Waals surface area contributed by atoms with Gasteiger partial charge in [-0.2, -0.15) is 0 Å². The summed E-state index contributed by atoms with van der Waals surface area (Å²) < 4.78 is 16.6. The molecule has 6 N–H and O–H groups in total. The van der Waals surface area contributed by atoms with Crippen molar-refractivity contribution in [2.24, 2.45) is 0 Å². The third kappa shape index (κ3) is 34.6. The molecule has 0 bridgehead atoms. The van der Waals surface area contributed by atoms with Crippen molar-refractivity contribution in [3.8, 4) is 0 Å². The maximum atomic E-state index is 13.0. The van der Waals surface area contributed by atoms with Crippen LogP contribution in [-0.2, 0) is 23.8 Å². The zero-order chi connectivity index (χ0) is 47.4. The predicted octanol–water partition coefficient (Wildman–Crippen LogP) is 10.9. The number of amides is 1. The molecule has 1 rings (SSSR count). The average Bonchev–Trinajstić information content (AvgIpc) is 3.30. The quantitative estimate of drug-likeness (QED) is 0.0196. The van der Waals surface area contributed by atoms with Crippen LogP contribution in [0.5, 0.6) is 0 Å². The molecule has 0 aromatic carbocycles. The third-order valence-corrected chi connectivity index (χ3v) is 12.1. The Morgan fingerprint density at radius 2 is 1.06 bits per heavy atom. The van der Waals surface area contributed by atoms with Crippen LogP contribution >= 0.6 is 0 Å². The van der Waals surface area contributed by atoms with Crippen molar-refractivity contribution in [3.63, 3.8) is 0 Å². The second kappa shape index (κ2) is 44.1. The minimum atomic E-state index is -1.58. The lowest BCUT2D eigenvalue weighted by molar-refractivity contribution is -0.302. The number of nitrogens with one attached hydrogen (secondary N) is 1. The van der Waals surface area contributed by atoms with Crippen LogP contribution in [0.25, 0.3) is 0 Å². The molecule has 65 heavy (non-hydrogen) atoms. The average molecular weight is 920 g/mol. The number of rotatable bonds is 44. The number of unbranched alkanes of at least 4 members (excludes halogenated alkanes) is 24. The molecule has 0 radical (unpaired) electrons. The summed E-state index contributed by atoms with van der Waals surface area (Å²) in [6.07, 6.45) is 43.4. The van der Waals surface area contributed by atoms with Gasteiger partial charge in [0.05, 0.1) is 32.0 Å². The first-order chi connectivity index (χ1) is 31.7. The normalized spacial score (nSPS) is 20.1. The number of hydrogen-bond donors (Lipinski definition) is 6. The Labute approximate surface area is 396 Å². The van der Waals surface area contributed by atoms with E-state index < -0.39 is 49.5 Å². The molecule has 1 heterocycles. The van der Waals surface area contributed by atoms with Gasteiger partial charge >= 0.3 is 5.97 Å². The van der Waals surface area contributed by atoms with Crippen molar-refractivity contribution in [1.82, 2.24) is 5.32 Å². The summed E-state index contributed by atoms with van der Waals surface area (Å²) in [6.45, 7) is 4.17. The highest BCUT2D eigenvalue weighted by molar-refractivity contribution is 5.76. The van der Waals surface area contributed by atoms with Gasteiger partial charge in [0.2, 0.25) is 5.91 Å². The predicted molar refractivity (Wildman–Crippen MR) is 264 cm³/mol. The van der Waals surface area contributed by atoms with Crippen LogP contribution in [0, 0.1) is 0 Å². The van der Waals surface area contributed by atoms with E-state index in [4.69, 9.17) is 14.2 Å². The molecule has 1 amide bonds. The topological polar surface area (TPSA) is 175 Å². The lowest BCUT2D eigenvalue weighted by Crippen LogP contribution is -2.60. The maximum Gasteiger partial charge on any atom is 0.305 e. The van der Waals surface area contributed by atoms with Gasteiger partial charge in [0.15, 0.2) is 6.29 Å². The summed E-state index contributed by atoms with van der Waals surface area (Å²) in [6, 6.07) is -0.821. The van der Waals surface area contributed by atoms with Crippen LogP contribution in [0.15, 0.2) is 48.6 Å². The van der Waals surface area contributed by atoms with Gasteiger partial charge in [0, 0.05) is 12.8 Å². The monoisotopic (exact) mass is 920 g/mol. The smallest absolute Gasteiger partial charge is 0.305 e. The van der Waals surface area contributed by atoms with Gasteiger partial charge in [-0.25, -0.2) is 0 Å². The standard InChI is InChI=1S/C54H97NO10/c1-3-5-7-9-11-13-14-18-22-26-30-34-38-42-50(59)63-43-39-35-31-27-23-20-17-15-16-19-21-25-29-33-37-41-49(58)55-46(47(57)40-36-32-28-24-12-10-8-6-4-2)45-64-54-53(62)52(61)51(60)48(44-56)65-54/h7,9,13-14,17,20,36,40,46-48,51-54,56-57,60-62H,3-6,8,10-12,15-16,18-19,21-35,37-39,41-45H2,1-2H3,(H,55,58)/b9-7-,14-13-,20-17-,40-36+. The van der Waals surface area contributed by atoms with Crippen LogP contribution in [-0.4, -0.2) is 100 Å². The van der Waals surface area contributed by atoms with Crippen molar-refractivity contribution in [2.45, 2.75) is 262 Å². The Morgan fingerprint density at radius 3 is 1.63 bits per heavy atom. The number of hydrogen-bond acceptors (Lipinski definition) is 10. The number of allylic oxidation sites excluding steroid dienone is 7. The summed E-state index contributed by atoms with van der Waals surface area (Å²) in [5.74, 6) is -0.247. The van der Waals surface area contributed by atoms with Gasteiger partial charge in [-0.3, -0.25) is 9.59 Å². The first kappa shape index (κ1) is 60.6. The van der Waals surface area contributed by atoms with Crippen LogP contribution in [0.1, 0.15) is 219 Å². The molecule has 7 atom stereocenters. The summed E-state index contributed by atoms with van der Waals surface area (Å²) in [5.41, 5.74) is 0. The van der Waals surface area contributed by atoms with Crippen LogP contribution in [0.3, 0.4) is 0 Å². The number of aliphatic hydroxyl groups excluding tert-OH is 5. The molecular formula is C54H97NO10. The molecule has 11 heteroatoms. The Bertz CT molecular complexity index is 1220. The fraction of sp³-hybridized carbons (Fsp3) is 0.815. The van der Waals surface area contributed by atoms with Crippen molar-refractivity contribution in [2.75, 3.05) is 19.8 Å². The van der Waals surface area contributed by atoms with Gasteiger partial charge in [-0.1, -0.05) is 172 Å². The highest BCUT2D eigenvalue weighted by atomic mass is 16.7. The molecular weight excluding hydrogens is 823 g/mol. The van der Waals surface area contributed by atoms with E-state index >= 15 is 0 Å². The van der Waals surface area contributed by atoms with Crippen LogP contribution in [0.4, 0.5) is 0 Å². The molecule has 1 aliphatic rings. The summed E-state index contributed by atoms with van der Waals surface area (Å²) in [7, 11) is 0. The van der Waals surface area contributed by atoms with Gasteiger partial charge in [0.25, 0.3) is 0 Å². The van der Waals surface area contributed by atoms with Crippen molar-refractivity contribution in [1.29, 1.82) is 0 Å². The van der Waals surface area contributed by atoms with E-state index in [-0.39, 0.29) is 18.5 Å². The molecule has 0 aliphatic carbocycles. The third-order valence-electron chi connectivity index (χ3n) is 12.1. The number of aliphatic hydroxyl groups is 5. The summed E-state index contributed by atoms with van der Waals surface area (Å²) >= 11 is 0. The van der Waals surface area contributed by atoms with E-state index in [1.165, 1.54) is 89.9 Å². The Morgan fingerprint density at radius 1 is 0.569 bits per heavy atom. The minimum absolute atomic E-state index is 0.0459. The molecule has 7 unspecified atom stereocenters. The van der Waals surface area contributed by atoms with E-state index in [1.807, 2.05) is 6.08 Å². The molecule has 1 aliphatic heterocycles. The zero-order valence-corrected chi connectivity index (χ0v) is 41.2. The first-order valence-electron chi connectivity index (χ1n) is 26.4. The summed E-state index contributed by atoms with van der Waals surface area (Å²) in [5, 5.41) is 54.1. The molecule has 1 fully saturated rings. The fourth-order valence-electron chi connectivity index (χ4n) is 7.88. The first-order valence-corrected chi connectivity index (χ1v) is 26.4. The lowest BCUT2D eigenvalue weighted by atomic mass is 9.99. The molecule has 0 spiro atoms. The minimum Gasteiger partial charge on any atom is -0.466 e. The van der Waals surface area contributed by atoms with Crippen molar-refractivity contribution in [3.05, 3.63) is 48.6 Å². The van der Waals surface area contributed by atoms with Crippen LogP contribution in [0.2, 0.25) is 0 Å². The number of esters is 1. The second-order valence-electron chi connectivity index (χ2n) is 18.2. The van der Waals surface area contributed by atoms with Gasteiger partial charge in [-0.15, -0.1) is 0 Å². The highest BCUT2D eigenvalue weighted by Gasteiger charge is 2.44. The highest BCUT2D eigenvalue weighted by Crippen LogP contribution is 2.23. The van der Waals surface area contributed by atoms with E-state index in [0.29, 0.717) is 19.4 Å². The van der Waals surface area contributed by atoms with Gasteiger partial charge in [-0.05, 0) is 83.5 Å². The molecule has 0 aromatic heterocycles. The fourth-order valence-corrected chi connectivity index (χ4v) is 7.88. The van der Waals surface area contributed by atoms with Crippen LogP contribution < -0.4 is 5.32 Å². The lowest BCUT2D eigenvalue weighted by Gasteiger charge is -2.40. The second-order valence-corrected chi connectivity index (χ2v) is 18.2. The van der Waals surface area contributed by atoms with Crippen molar-refractivity contribution >= 4 is 11.9 Å². The number of carbonyl (C=O) groups excluding carboxylic acids is 2. The molecule has 11 nitrogen and oxygen atoms in total. The largest absolute Gasteiger partial charge is 0.466 e. The van der Waals surface area contributed by atoms with Gasteiger partial charge < -0.3 is 45.1 Å². The van der Waals surface area contributed by atoms with E-state index in [2.05, 4.69) is 55.6 Å². The SMILES string of the molecule is CCC/C=C\C/C=C\CCCCCCCC(=O)OCCCCCC/C=C\CCCCCCCCCC(=O)NC(COC1OC(CO)C(O)C(O)C1O)C(O)/C=C/CCCCCCCCC. The van der Waals surface area contributed by atoms with E-state index in [1.54, 1.807) is 6.08 Å². The number of carbonyl (C=O) groups is 2. The van der Waals surface area contributed by atoms with Gasteiger partial charge in [0.1, 0.15) is 24.4 Å². The zero-order valence-electron chi connectivity index (χ0n) is 41.2.